The van der Waals surface area contributed by atoms with Crippen molar-refractivity contribution in [2.45, 2.75) is 32.1 Å². The van der Waals surface area contributed by atoms with Gasteiger partial charge in [0.15, 0.2) is 0 Å². The van der Waals surface area contributed by atoms with E-state index in [1.54, 1.807) is 0 Å². The van der Waals surface area contributed by atoms with Crippen molar-refractivity contribution in [3.63, 3.8) is 0 Å². The molecule has 1 saturated carbocycles. The second-order valence-electron chi connectivity index (χ2n) is 5.89. The lowest BCUT2D eigenvalue weighted by atomic mass is 10.3. The van der Waals surface area contributed by atoms with Crippen LogP contribution in [-0.2, 0) is 4.74 Å². The highest BCUT2D eigenvalue weighted by molar-refractivity contribution is 5.39. The summed E-state index contributed by atoms with van der Waals surface area (Å²) >= 11 is 0. The van der Waals surface area contributed by atoms with E-state index in [1.807, 2.05) is 13.0 Å². The average molecular weight is 306 g/mol. The lowest BCUT2D eigenvalue weighted by Crippen LogP contribution is -2.37. The van der Waals surface area contributed by atoms with Crippen LogP contribution in [0.2, 0.25) is 0 Å². The van der Waals surface area contributed by atoms with Crippen LogP contribution in [0.25, 0.3) is 0 Å². The van der Waals surface area contributed by atoms with E-state index >= 15 is 0 Å². The van der Waals surface area contributed by atoms with E-state index in [0.29, 0.717) is 18.4 Å². The standard InChI is InChI=1S/C16H26N4O2/c1-2-22-15-12-14(18-16(19-15)13-4-5-13)17-6-3-7-20-8-10-21-11-9-20/h12-13H,2-11H2,1H3,(H,17,18,19). The molecule has 2 fully saturated rings. The molecule has 3 rings (SSSR count). The average Bonchev–Trinajstić information content (AvgIpc) is 3.38. The predicted molar refractivity (Wildman–Crippen MR) is 85.5 cm³/mol. The molecule has 2 heterocycles. The lowest BCUT2D eigenvalue weighted by Gasteiger charge is -2.26. The molecule has 1 aromatic heterocycles. The maximum Gasteiger partial charge on any atom is 0.218 e. The van der Waals surface area contributed by atoms with Gasteiger partial charge in [0.05, 0.1) is 19.8 Å². The van der Waals surface area contributed by atoms with Gasteiger partial charge in [-0.05, 0) is 32.7 Å². The number of hydrogen-bond donors (Lipinski definition) is 1. The molecule has 6 heteroatoms. The first kappa shape index (κ1) is 15.5. The van der Waals surface area contributed by atoms with E-state index in [-0.39, 0.29) is 0 Å². The SMILES string of the molecule is CCOc1cc(NCCCN2CCOCC2)nc(C2CC2)n1. The zero-order valence-electron chi connectivity index (χ0n) is 13.4. The molecule has 2 aliphatic rings. The van der Waals surface area contributed by atoms with Gasteiger partial charge in [0.25, 0.3) is 0 Å². The summed E-state index contributed by atoms with van der Waals surface area (Å²) in [5.74, 6) is 3.05. The summed E-state index contributed by atoms with van der Waals surface area (Å²) in [7, 11) is 0. The Hall–Kier alpha value is -1.40. The minimum atomic E-state index is 0.536. The first-order valence-electron chi connectivity index (χ1n) is 8.41. The van der Waals surface area contributed by atoms with E-state index in [4.69, 9.17) is 9.47 Å². The molecule has 22 heavy (non-hydrogen) atoms. The highest BCUT2D eigenvalue weighted by atomic mass is 16.5. The van der Waals surface area contributed by atoms with Crippen LogP contribution >= 0.6 is 0 Å². The summed E-state index contributed by atoms with van der Waals surface area (Å²) in [6.07, 6.45) is 3.50. The Morgan fingerprint density at radius 2 is 2.14 bits per heavy atom. The second kappa shape index (κ2) is 7.74. The summed E-state index contributed by atoms with van der Waals surface area (Å²) in [4.78, 5) is 11.6. The third-order valence-corrected chi connectivity index (χ3v) is 4.02. The van der Waals surface area contributed by atoms with E-state index in [0.717, 1.165) is 57.5 Å². The minimum Gasteiger partial charge on any atom is -0.478 e. The largest absolute Gasteiger partial charge is 0.478 e. The molecule has 0 radical (unpaired) electrons. The quantitative estimate of drug-likeness (QED) is 0.740. The molecule has 0 spiro atoms. The normalized spacial score (nSPS) is 19.1. The molecule has 6 nitrogen and oxygen atoms in total. The van der Waals surface area contributed by atoms with E-state index in [2.05, 4.69) is 20.2 Å². The number of hydrogen-bond acceptors (Lipinski definition) is 6. The van der Waals surface area contributed by atoms with Crippen LogP contribution in [0, 0.1) is 0 Å². The van der Waals surface area contributed by atoms with Crippen molar-refractivity contribution in [2.24, 2.45) is 0 Å². The second-order valence-corrected chi connectivity index (χ2v) is 5.89. The molecule has 1 aliphatic carbocycles. The van der Waals surface area contributed by atoms with Gasteiger partial charge in [-0.2, -0.15) is 4.98 Å². The van der Waals surface area contributed by atoms with Crippen molar-refractivity contribution in [3.8, 4) is 5.88 Å². The first-order valence-corrected chi connectivity index (χ1v) is 8.41. The van der Waals surface area contributed by atoms with Crippen molar-refractivity contribution in [1.82, 2.24) is 14.9 Å². The third kappa shape index (κ3) is 4.55. The zero-order chi connectivity index (χ0) is 15.2. The summed E-state index contributed by atoms with van der Waals surface area (Å²) < 4.78 is 10.9. The van der Waals surface area contributed by atoms with Crippen LogP contribution in [-0.4, -0.2) is 60.9 Å². The van der Waals surface area contributed by atoms with Gasteiger partial charge in [0.2, 0.25) is 5.88 Å². The van der Waals surface area contributed by atoms with Crippen LogP contribution < -0.4 is 10.1 Å². The topological polar surface area (TPSA) is 59.5 Å². The molecule has 0 aromatic carbocycles. The van der Waals surface area contributed by atoms with Crippen molar-refractivity contribution in [1.29, 1.82) is 0 Å². The van der Waals surface area contributed by atoms with E-state index in [9.17, 15) is 0 Å². The molecule has 0 atom stereocenters. The summed E-state index contributed by atoms with van der Waals surface area (Å²) in [5.41, 5.74) is 0. The van der Waals surface area contributed by atoms with Crippen molar-refractivity contribution in [3.05, 3.63) is 11.9 Å². The molecule has 1 saturated heterocycles. The van der Waals surface area contributed by atoms with E-state index < -0.39 is 0 Å². The molecule has 1 aliphatic heterocycles. The van der Waals surface area contributed by atoms with Crippen LogP contribution in [0.1, 0.15) is 37.9 Å². The summed E-state index contributed by atoms with van der Waals surface area (Å²) in [6, 6.07) is 1.91. The summed E-state index contributed by atoms with van der Waals surface area (Å²) in [6.45, 7) is 8.47. The van der Waals surface area contributed by atoms with Crippen molar-refractivity contribution >= 4 is 5.82 Å². The molecular weight excluding hydrogens is 280 g/mol. The van der Waals surface area contributed by atoms with Crippen LogP contribution in [0.4, 0.5) is 5.82 Å². The highest BCUT2D eigenvalue weighted by Gasteiger charge is 2.27. The Kier molecular flexibility index (Phi) is 5.45. The highest BCUT2D eigenvalue weighted by Crippen LogP contribution is 2.39. The molecule has 0 amide bonds. The van der Waals surface area contributed by atoms with Gasteiger partial charge in [-0.3, -0.25) is 4.90 Å². The Bertz CT molecular complexity index is 473. The number of ether oxygens (including phenoxy) is 2. The Morgan fingerprint density at radius 1 is 1.32 bits per heavy atom. The number of rotatable bonds is 8. The lowest BCUT2D eigenvalue weighted by molar-refractivity contribution is 0.0378. The number of nitrogens with one attached hydrogen (secondary N) is 1. The van der Waals surface area contributed by atoms with Gasteiger partial charge in [0.1, 0.15) is 11.6 Å². The van der Waals surface area contributed by atoms with Crippen LogP contribution in [0.5, 0.6) is 5.88 Å². The predicted octanol–water partition coefficient (Wildman–Crippen LogP) is 1.89. The zero-order valence-corrected chi connectivity index (χ0v) is 13.4. The molecule has 0 bridgehead atoms. The monoisotopic (exact) mass is 306 g/mol. The Balaban J connectivity index is 1.48. The fourth-order valence-corrected chi connectivity index (χ4v) is 2.62. The molecule has 1 N–H and O–H groups in total. The van der Waals surface area contributed by atoms with Gasteiger partial charge < -0.3 is 14.8 Å². The molecule has 122 valence electrons. The van der Waals surface area contributed by atoms with Gasteiger partial charge in [-0.1, -0.05) is 0 Å². The number of anilines is 1. The maximum atomic E-state index is 5.55. The van der Waals surface area contributed by atoms with Crippen molar-refractivity contribution in [2.75, 3.05) is 51.3 Å². The minimum absolute atomic E-state index is 0.536. The molecule has 1 aromatic rings. The van der Waals surface area contributed by atoms with Crippen molar-refractivity contribution < 1.29 is 9.47 Å². The fourth-order valence-electron chi connectivity index (χ4n) is 2.62. The maximum absolute atomic E-state index is 5.55. The molecular formula is C16H26N4O2. The van der Waals surface area contributed by atoms with Gasteiger partial charge in [-0.15, -0.1) is 0 Å². The smallest absolute Gasteiger partial charge is 0.218 e. The van der Waals surface area contributed by atoms with Gasteiger partial charge in [-0.25, -0.2) is 4.98 Å². The fraction of sp³-hybridized carbons (Fsp3) is 0.750. The van der Waals surface area contributed by atoms with Crippen LogP contribution in [0.3, 0.4) is 0 Å². The molecule has 0 unspecified atom stereocenters. The Morgan fingerprint density at radius 3 is 2.86 bits per heavy atom. The summed E-state index contributed by atoms with van der Waals surface area (Å²) in [5, 5.41) is 3.42. The van der Waals surface area contributed by atoms with E-state index in [1.165, 1.54) is 12.8 Å². The third-order valence-electron chi connectivity index (χ3n) is 4.02. The number of morpholine rings is 1. The first-order chi connectivity index (χ1) is 10.8. The number of nitrogens with zero attached hydrogens (tertiary/aromatic N) is 3. The Labute approximate surface area is 132 Å². The van der Waals surface area contributed by atoms with Crippen LogP contribution in [0.15, 0.2) is 6.07 Å². The number of aromatic nitrogens is 2. The van der Waals surface area contributed by atoms with Gasteiger partial charge in [0, 0.05) is 31.6 Å². The van der Waals surface area contributed by atoms with Gasteiger partial charge >= 0.3 is 0 Å².